The van der Waals surface area contributed by atoms with Gasteiger partial charge in [-0.2, -0.15) is 0 Å². The fourth-order valence-corrected chi connectivity index (χ4v) is 9.60. The molecule has 0 saturated carbocycles. The van der Waals surface area contributed by atoms with Crippen LogP contribution in [-0.4, -0.2) is 23.8 Å². The zero-order valence-corrected chi connectivity index (χ0v) is 31.8. The van der Waals surface area contributed by atoms with Gasteiger partial charge in [0.15, 0.2) is 0 Å². The van der Waals surface area contributed by atoms with E-state index in [2.05, 4.69) is 198 Å². The molecule has 6 nitrogen and oxygen atoms in total. The number of fused-ring (bicyclic) bond motifs is 9. The van der Waals surface area contributed by atoms with Gasteiger partial charge in [-0.1, -0.05) is 146 Å². The second kappa shape index (κ2) is 12.9. The third-order valence-corrected chi connectivity index (χ3v) is 12.3. The number of anilines is 2. The molecule has 0 spiro atoms. The molecule has 12 rings (SSSR count). The van der Waals surface area contributed by atoms with Crippen LogP contribution in [0.1, 0.15) is 40.5 Å². The lowest BCUT2D eigenvalue weighted by atomic mass is 9.91. The fraction of sp³-hybridized carbons (Fsp3) is 0.0962. The van der Waals surface area contributed by atoms with Crippen LogP contribution in [0.2, 0.25) is 0 Å². The summed E-state index contributed by atoms with van der Waals surface area (Å²) in [7, 11) is 2.10. The molecule has 58 heavy (non-hydrogen) atoms. The molecule has 0 saturated heterocycles. The van der Waals surface area contributed by atoms with Crippen molar-refractivity contribution in [3.63, 3.8) is 0 Å². The van der Waals surface area contributed by atoms with Gasteiger partial charge < -0.3 is 18.6 Å². The number of hydrogen-bond acceptors (Lipinski definition) is 6. The van der Waals surface area contributed by atoms with E-state index < -0.39 is 0 Å². The first-order valence-electron chi connectivity index (χ1n) is 20.0. The summed E-state index contributed by atoms with van der Waals surface area (Å²) in [5.41, 5.74) is 12.6. The van der Waals surface area contributed by atoms with E-state index in [-0.39, 0.29) is 18.4 Å². The maximum absolute atomic E-state index is 6.91. The molecule has 278 valence electrons. The van der Waals surface area contributed by atoms with Gasteiger partial charge in [-0.15, -0.1) is 0 Å². The van der Waals surface area contributed by atoms with Crippen molar-refractivity contribution >= 4 is 61.1 Å². The van der Waals surface area contributed by atoms with Crippen LogP contribution in [0.5, 0.6) is 0 Å². The Labute approximate surface area is 335 Å². The molecule has 0 amide bonds. The van der Waals surface area contributed by atoms with E-state index in [1.807, 2.05) is 6.07 Å². The average Bonchev–Trinajstić information content (AvgIpc) is 3.96. The topological polar surface area (TPSA) is 57.2 Å². The largest absolute Gasteiger partial charge is 0.456 e. The third kappa shape index (κ3) is 5.05. The molecular formula is C52H38N4O2. The minimum atomic E-state index is -0.285. The Balaban J connectivity index is 0.977. The smallest absolute Gasteiger partial charge is 0.143 e. The highest BCUT2D eigenvalue weighted by molar-refractivity contribution is 6.17. The first-order chi connectivity index (χ1) is 28.7. The molecule has 6 heteroatoms. The fourth-order valence-electron chi connectivity index (χ4n) is 9.60. The van der Waals surface area contributed by atoms with E-state index >= 15 is 0 Å². The maximum atomic E-state index is 6.91. The van der Waals surface area contributed by atoms with Crippen LogP contribution in [0, 0.1) is 0 Å². The third-order valence-electron chi connectivity index (χ3n) is 12.3. The number of para-hydroxylation sites is 2. The molecule has 4 heterocycles. The van der Waals surface area contributed by atoms with Crippen molar-refractivity contribution < 1.29 is 8.83 Å². The Bertz CT molecular complexity index is 3160. The summed E-state index contributed by atoms with van der Waals surface area (Å²) >= 11 is 0. The van der Waals surface area contributed by atoms with Gasteiger partial charge in [-0.05, 0) is 58.7 Å². The van der Waals surface area contributed by atoms with Gasteiger partial charge in [0, 0.05) is 57.0 Å². The van der Waals surface area contributed by atoms with Crippen molar-refractivity contribution in [3.05, 3.63) is 204 Å². The number of hydrogen-bond donors (Lipinski definition) is 1. The van der Waals surface area contributed by atoms with Crippen LogP contribution in [-0.2, 0) is 0 Å². The molecule has 3 aliphatic rings. The Morgan fingerprint density at radius 1 is 0.586 bits per heavy atom. The molecular weight excluding hydrogens is 713 g/mol. The summed E-state index contributed by atoms with van der Waals surface area (Å²) in [5, 5.41) is 8.15. The average molecular weight is 751 g/mol. The first kappa shape index (κ1) is 33.0. The van der Waals surface area contributed by atoms with Gasteiger partial charge in [0.25, 0.3) is 0 Å². The van der Waals surface area contributed by atoms with E-state index in [1.54, 1.807) is 0 Å². The van der Waals surface area contributed by atoms with E-state index in [4.69, 9.17) is 13.8 Å². The maximum Gasteiger partial charge on any atom is 0.143 e. The van der Waals surface area contributed by atoms with Crippen molar-refractivity contribution in [2.75, 3.05) is 11.9 Å². The summed E-state index contributed by atoms with van der Waals surface area (Å²) in [5.74, 6) is 1.26. The number of aliphatic imine (C=N–C) groups is 1. The molecule has 0 fully saturated rings. The predicted molar refractivity (Wildman–Crippen MR) is 236 cm³/mol. The summed E-state index contributed by atoms with van der Waals surface area (Å²) in [4.78, 5) is 10.0. The van der Waals surface area contributed by atoms with Gasteiger partial charge in [-0.3, -0.25) is 5.32 Å². The highest BCUT2D eigenvalue weighted by Gasteiger charge is 2.37. The number of rotatable bonds is 5. The van der Waals surface area contributed by atoms with E-state index in [9.17, 15) is 0 Å². The lowest BCUT2D eigenvalue weighted by Crippen LogP contribution is -2.46. The molecule has 2 aliphatic heterocycles. The van der Waals surface area contributed by atoms with Crippen LogP contribution in [0.4, 0.5) is 11.4 Å². The van der Waals surface area contributed by atoms with E-state index in [1.165, 1.54) is 16.8 Å². The van der Waals surface area contributed by atoms with Crippen LogP contribution in [0.25, 0.3) is 55.0 Å². The lowest BCUT2D eigenvalue weighted by molar-refractivity contribution is 0.257. The highest BCUT2D eigenvalue weighted by atomic mass is 16.3. The minimum absolute atomic E-state index is 0.0692. The summed E-state index contributed by atoms with van der Waals surface area (Å²) in [6.07, 6.45) is 8.63. The Morgan fingerprint density at radius 2 is 1.38 bits per heavy atom. The van der Waals surface area contributed by atoms with Gasteiger partial charge >= 0.3 is 0 Å². The summed E-state index contributed by atoms with van der Waals surface area (Å²) in [6, 6.07) is 56.0. The van der Waals surface area contributed by atoms with Crippen molar-refractivity contribution in [1.29, 1.82) is 0 Å². The molecule has 4 unspecified atom stereocenters. The standard InChI is InChI=1S/C52H38N4O2/c1-55-51(32-14-4-2-5-15-32)53-50(54-52(55)33-16-6-3-7-17-33)34-26-28-38-40-21-12-22-41(49(40)58-47(38)30-34)39-20-13-25-46-48(39)42-31-35(27-29-45(42)57-46)56-43-23-10-8-18-36(43)37-19-9-11-24-44(37)56/h2-31,36,43,50-51,53H,1H3. The SMILES string of the molecule is CN1C(c2ccccc2)=NC(c2ccc3c(c2)oc2c(-c4cccc5oc6ccc(N7c8ccccc8C8C=CC=CC87)cc6c45)cccc23)NC1c1ccccc1. The number of amidine groups is 1. The molecule has 0 bridgehead atoms. The molecule has 9 aromatic rings. The Hall–Kier alpha value is -7.15. The van der Waals surface area contributed by atoms with Gasteiger partial charge in [0.2, 0.25) is 0 Å². The number of nitrogens with zero attached hydrogens (tertiary/aromatic N) is 3. The van der Waals surface area contributed by atoms with E-state index in [0.717, 1.165) is 77.7 Å². The van der Waals surface area contributed by atoms with Crippen molar-refractivity contribution in [3.8, 4) is 11.1 Å². The molecule has 0 radical (unpaired) electrons. The number of benzene rings is 7. The summed E-state index contributed by atoms with van der Waals surface area (Å²) in [6.45, 7) is 0. The van der Waals surface area contributed by atoms with Crippen LogP contribution in [0.3, 0.4) is 0 Å². The molecule has 4 atom stereocenters. The molecule has 2 aromatic heterocycles. The number of nitrogens with one attached hydrogen (secondary N) is 1. The highest BCUT2D eigenvalue weighted by Crippen LogP contribution is 2.49. The van der Waals surface area contributed by atoms with Crippen molar-refractivity contribution in [2.45, 2.75) is 24.3 Å². The lowest BCUT2D eigenvalue weighted by Gasteiger charge is -2.39. The first-order valence-corrected chi connectivity index (χ1v) is 20.0. The molecule has 1 N–H and O–H groups in total. The summed E-state index contributed by atoms with van der Waals surface area (Å²) < 4.78 is 13.5. The number of furan rings is 2. The quantitative estimate of drug-likeness (QED) is 0.190. The monoisotopic (exact) mass is 750 g/mol. The molecule has 7 aromatic carbocycles. The van der Waals surface area contributed by atoms with E-state index in [0.29, 0.717) is 5.92 Å². The zero-order chi connectivity index (χ0) is 38.3. The van der Waals surface area contributed by atoms with Gasteiger partial charge in [-0.25, -0.2) is 4.99 Å². The zero-order valence-electron chi connectivity index (χ0n) is 31.8. The van der Waals surface area contributed by atoms with Gasteiger partial charge in [0.1, 0.15) is 40.5 Å². The second-order valence-electron chi connectivity index (χ2n) is 15.5. The van der Waals surface area contributed by atoms with Crippen molar-refractivity contribution in [2.24, 2.45) is 4.99 Å². The van der Waals surface area contributed by atoms with Crippen LogP contribution < -0.4 is 10.2 Å². The number of allylic oxidation sites excluding steroid dienone is 2. The second-order valence-corrected chi connectivity index (χ2v) is 15.5. The Morgan fingerprint density at radius 3 is 2.28 bits per heavy atom. The Kier molecular flexibility index (Phi) is 7.37. The normalized spacial score (nSPS) is 20.0. The van der Waals surface area contributed by atoms with Crippen LogP contribution in [0.15, 0.2) is 196 Å². The predicted octanol–water partition coefficient (Wildman–Crippen LogP) is 12.6. The van der Waals surface area contributed by atoms with Crippen LogP contribution >= 0.6 is 0 Å². The molecule has 1 aliphatic carbocycles. The minimum Gasteiger partial charge on any atom is -0.456 e. The van der Waals surface area contributed by atoms with Crippen molar-refractivity contribution in [1.82, 2.24) is 10.2 Å². The van der Waals surface area contributed by atoms with Gasteiger partial charge in [0.05, 0.1) is 6.04 Å².